The molecular weight excluding hydrogens is 363 g/mol. The molecule has 2 N–H and O–H groups in total. The Morgan fingerprint density at radius 3 is 2.30 bits per heavy atom. The average molecular weight is 383 g/mol. The van der Waals surface area contributed by atoms with Crippen molar-refractivity contribution in [1.82, 2.24) is 0 Å². The Kier molecular flexibility index (Phi) is 6.32. The van der Waals surface area contributed by atoms with Gasteiger partial charge < -0.3 is 19.9 Å². The zero-order chi connectivity index (χ0) is 20.2. The van der Waals surface area contributed by atoms with Crippen LogP contribution in [0, 0.1) is 6.92 Å². The molecule has 0 saturated heterocycles. The Labute approximate surface area is 154 Å². The van der Waals surface area contributed by atoms with E-state index in [0.717, 1.165) is 0 Å². The van der Waals surface area contributed by atoms with Crippen molar-refractivity contribution in [1.29, 1.82) is 0 Å². The van der Waals surface area contributed by atoms with Crippen LogP contribution in [0.2, 0.25) is 0 Å². The molecule has 0 bridgehead atoms. The third-order valence-corrected chi connectivity index (χ3v) is 3.91. The molecule has 0 amide bonds. The summed E-state index contributed by atoms with van der Waals surface area (Å²) in [4.78, 5) is 12.3. The summed E-state index contributed by atoms with van der Waals surface area (Å²) in [6.07, 6.45) is -4.76. The van der Waals surface area contributed by atoms with Crippen molar-refractivity contribution < 1.29 is 32.2 Å². The summed E-state index contributed by atoms with van der Waals surface area (Å²) in [5.74, 6) is -0.543. The Bertz CT molecular complexity index is 817. The van der Waals surface area contributed by atoms with Gasteiger partial charge in [0.05, 0.1) is 13.7 Å². The Balaban J connectivity index is 2.53. The molecule has 146 valence electrons. The molecule has 0 unspecified atom stereocenters. The second-order valence-electron chi connectivity index (χ2n) is 5.61. The Morgan fingerprint density at radius 2 is 1.81 bits per heavy atom. The van der Waals surface area contributed by atoms with E-state index >= 15 is 0 Å². The number of benzene rings is 2. The number of carbonyl (C=O) groups excluding carboxylic acids is 1. The van der Waals surface area contributed by atoms with Crippen LogP contribution in [0.25, 0.3) is 11.1 Å². The van der Waals surface area contributed by atoms with Crippen LogP contribution < -0.4 is 15.2 Å². The minimum Gasteiger partial charge on any atom is -0.496 e. The van der Waals surface area contributed by atoms with Crippen LogP contribution >= 0.6 is 0 Å². The van der Waals surface area contributed by atoms with Gasteiger partial charge in [-0.05, 0) is 54.3 Å². The quantitative estimate of drug-likeness (QED) is 0.757. The van der Waals surface area contributed by atoms with Gasteiger partial charge in [0.2, 0.25) is 0 Å². The monoisotopic (exact) mass is 383 g/mol. The van der Waals surface area contributed by atoms with E-state index in [9.17, 15) is 18.0 Å². The molecule has 27 heavy (non-hydrogen) atoms. The van der Waals surface area contributed by atoms with Gasteiger partial charge in [0.1, 0.15) is 17.1 Å². The SMILES string of the molecule is CCOC(=O)c1c(CN)cc(-c2ccc(OC(F)(F)F)cc2)c(C)c1OC. The van der Waals surface area contributed by atoms with Crippen LogP contribution in [0.3, 0.4) is 0 Å². The maximum Gasteiger partial charge on any atom is 0.573 e. The lowest BCUT2D eigenvalue weighted by molar-refractivity contribution is -0.274. The topological polar surface area (TPSA) is 70.8 Å². The highest BCUT2D eigenvalue weighted by Crippen LogP contribution is 2.37. The summed E-state index contributed by atoms with van der Waals surface area (Å²) in [7, 11) is 1.43. The number of alkyl halides is 3. The average Bonchev–Trinajstić information content (AvgIpc) is 2.61. The lowest BCUT2D eigenvalue weighted by Gasteiger charge is -2.18. The maximum atomic E-state index is 12.3. The summed E-state index contributed by atoms with van der Waals surface area (Å²) in [5.41, 5.74) is 8.51. The van der Waals surface area contributed by atoms with Crippen LogP contribution in [-0.2, 0) is 11.3 Å². The smallest absolute Gasteiger partial charge is 0.496 e. The third-order valence-electron chi connectivity index (χ3n) is 3.91. The first-order chi connectivity index (χ1) is 12.7. The van der Waals surface area contributed by atoms with Crippen LogP contribution in [0.4, 0.5) is 13.2 Å². The van der Waals surface area contributed by atoms with Crippen LogP contribution in [0.5, 0.6) is 11.5 Å². The first kappa shape index (κ1) is 20.6. The molecule has 0 heterocycles. The molecule has 0 fully saturated rings. The van der Waals surface area contributed by atoms with Gasteiger partial charge in [0.25, 0.3) is 0 Å². The first-order valence-corrected chi connectivity index (χ1v) is 8.15. The molecule has 2 aromatic rings. The van der Waals surface area contributed by atoms with Crippen molar-refractivity contribution in [3.8, 4) is 22.6 Å². The number of hydrogen-bond acceptors (Lipinski definition) is 5. The van der Waals surface area contributed by atoms with E-state index in [1.54, 1.807) is 19.9 Å². The van der Waals surface area contributed by atoms with Gasteiger partial charge in [0, 0.05) is 6.54 Å². The maximum absolute atomic E-state index is 12.3. The summed E-state index contributed by atoms with van der Waals surface area (Å²) in [5, 5.41) is 0. The number of nitrogens with two attached hydrogens (primary N) is 1. The summed E-state index contributed by atoms with van der Waals surface area (Å²) < 4.78 is 51.3. The van der Waals surface area contributed by atoms with Crippen LogP contribution in [0.1, 0.15) is 28.4 Å². The van der Waals surface area contributed by atoms with Crippen LogP contribution in [-0.4, -0.2) is 26.0 Å². The summed E-state index contributed by atoms with van der Waals surface area (Å²) in [6.45, 7) is 3.70. The zero-order valence-corrected chi connectivity index (χ0v) is 15.1. The van der Waals surface area contributed by atoms with E-state index in [0.29, 0.717) is 28.0 Å². The van der Waals surface area contributed by atoms with Crippen molar-refractivity contribution in [3.05, 3.63) is 47.0 Å². The third kappa shape index (κ3) is 4.71. The molecule has 2 aromatic carbocycles. The number of halogens is 3. The molecule has 0 aliphatic heterocycles. The highest BCUT2D eigenvalue weighted by molar-refractivity contribution is 5.96. The lowest BCUT2D eigenvalue weighted by atomic mass is 9.93. The van der Waals surface area contributed by atoms with E-state index in [1.165, 1.54) is 31.4 Å². The molecule has 0 aromatic heterocycles. The number of hydrogen-bond donors (Lipinski definition) is 1. The van der Waals surface area contributed by atoms with Gasteiger partial charge in [-0.2, -0.15) is 0 Å². The van der Waals surface area contributed by atoms with Gasteiger partial charge >= 0.3 is 12.3 Å². The van der Waals surface area contributed by atoms with Gasteiger partial charge in [-0.1, -0.05) is 12.1 Å². The Hall–Kier alpha value is -2.74. The molecule has 2 rings (SSSR count). The molecule has 0 spiro atoms. The zero-order valence-electron chi connectivity index (χ0n) is 15.1. The van der Waals surface area contributed by atoms with E-state index < -0.39 is 12.3 Å². The molecule has 0 atom stereocenters. The van der Waals surface area contributed by atoms with Crippen molar-refractivity contribution >= 4 is 5.97 Å². The molecule has 8 heteroatoms. The lowest BCUT2D eigenvalue weighted by Crippen LogP contribution is -2.17. The van der Waals surface area contributed by atoms with E-state index in [2.05, 4.69) is 4.74 Å². The van der Waals surface area contributed by atoms with Gasteiger partial charge in [-0.3, -0.25) is 0 Å². The van der Waals surface area contributed by atoms with E-state index in [1.807, 2.05) is 0 Å². The van der Waals surface area contributed by atoms with Crippen LogP contribution in [0.15, 0.2) is 30.3 Å². The predicted octanol–water partition coefficient (Wildman–Crippen LogP) is 4.20. The molecule has 0 aliphatic rings. The fraction of sp³-hybridized carbons (Fsp3) is 0.316. The molecule has 0 saturated carbocycles. The number of rotatable bonds is 6. The largest absolute Gasteiger partial charge is 0.573 e. The fourth-order valence-electron chi connectivity index (χ4n) is 2.79. The van der Waals surface area contributed by atoms with E-state index in [4.69, 9.17) is 15.2 Å². The molecule has 0 radical (unpaired) electrons. The number of carbonyl (C=O) groups is 1. The number of esters is 1. The number of ether oxygens (including phenoxy) is 3. The van der Waals surface area contributed by atoms with E-state index in [-0.39, 0.29) is 24.5 Å². The highest BCUT2D eigenvalue weighted by atomic mass is 19.4. The van der Waals surface area contributed by atoms with Gasteiger partial charge in [-0.25, -0.2) is 4.79 Å². The summed E-state index contributed by atoms with van der Waals surface area (Å²) >= 11 is 0. The second-order valence-corrected chi connectivity index (χ2v) is 5.61. The molecule has 0 aliphatic carbocycles. The van der Waals surface area contributed by atoms with Gasteiger partial charge in [0.15, 0.2) is 0 Å². The number of methoxy groups -OCH3 is 1. The predicted molar refractivity (Wildman–Crippen MR) is 93.7 cm³/mol. The molecule has 5 nitrogen and oxygen atoms in total. The minimum absolute atomic E-state index is 0.0626. The minimum atomic E-state index is -4.76. The highest BCUT2D eigenvalue weighted by Gasteiger charge is 2.31. The fourth-order valence-corrected chi connectivity index (χ4v) is 2.79. The second kappa shape index (κ2) is 8.30. The molecular formula is C19H20F3NO4. The van der Waals surface area contributed by atoms with Gasteiger partial charge in [-0.15, -0.1) is 13.2 Å². The Morgan fingerprint density at radius 1 is 1.19 bits per heavy atom. The van der Waals surface area contributed by atoms with Crippen molar-refractivity contribution in [2.75, 3.05) is 13.7 Å². The van der Waals surface area contributed by atoms with Crippen molar-refractivity contribution in [2.24, 2.45) is 5.73 Å². The van der Waals surface area contributed by atoms with Crippen molar-refractivity contribution in [2.45, 2.75) is 26.8 Å². The summed E-state index contributed by atoms with van der Waals surface area (Å²) in [6, 6.07) is 7.14. The first-order valence-electron chi connectivity index (χ1n) is 8.15. The van der Waals surface area contributed by atoms with Crippen molar-refractivity contribution in [3.63, 3.8) is 0 Å². The standard InChI is InChI=1S/C19H20F3NO4/c1-4-26-18(24)16-13(10-23)9-15(11(2)17(16)25-3)12-5-7-14(8-6-12)27-19(20,21)22/h5-9H,4,10,23H2,1-3H3. The normalized spacial score (nSPS) is 11.2.